The monoisotopic (exact) mass is 273 g/mol. The summed E-state index contributed by atoms with van der Waals surface area (Å²) in [6.45, 7) is 1.67. The molecule has 104 valence electrons. The van der Waals surface area contributed by atoms with Crippen LogP contribution in [-0.2, 0) is 14.3 Å². The highest BCUT2D eigenvalue weighted by molar-refractivity contribution is 7.99. The van der Waals surface area contributed by atoms with Crippen molar-refractivity contribution in [3.05, 3.63) is 0 Å². The van der Waals surface area contributed by atoms with Gasteiger partial charge >= 0.3 is 5.97 Å². The second kappa shape index (κ2) is 6.26. The molecule has 1 aliphatic heterocycles. The second-order valence-electron chi connectivity index (χ2n) is 5.56. The predicted octanol–water partition coefficient (Wildman–Crippen LogP) is 1.43. The first-order valence-electron chi connectivity index (χ1n) is 6.63. The van der Waals surface area contributed by atoms with Crippen molar-refractivity contribution in [2.24, 2.45) is 17.1 Å². The Kier molecular flexibility index (Phi) is 4.92. The SMILES string of the molecule is COC(=O)CC1(CSCC(N)C2CCOC2)CC1. The van der Waals surface area contributed by atoms with Crippen LogP contribution < -0.4 is 5.73 Å². The fourth-order valence-corrected chi connectivity index (χ4v) is 3.85. The Labute approximate surface area is 113 Å². The maximum atomic E-state index is 11.3. The Balaban J connectivity index is 1.64. The summed E-state index contributed by atoms with van der Waals surface area (Å²) < 4.78 is 10.1. The zero-order chi connectivity index (χ0) is 13.0. The molecule has 2 rings (SSSR count). The zero-order valence-electron chi connectivity index (χ0n) is 11.0. The van der Waals surface area contributed by atoms with E-state index in [4.69, 9.17) is 15.2 Å². The van der Waals surface area contributed by atoms with Gasteiger partial charge in [-0.05, 0) is 30.4 Å². The standard InChI is InChI=1S/C13H23NO3S/c1-16-12(15)6-13(3-4-13)9-18-8-11(14)10-2-5-17-7-10/h10-11H,2-9,14H2,1H3. The van der Waals surface area contributed by atoms with Crippen LogP contribution >= 0.6 is 11.8 Å². The number of rotatable bonds is 7. The van der Waals surface area contributed by atoms with Crippen LogP contribution in [0, 0.1) is 11.3 Å². The average molecular weight is 273 g/mol. The van der Waals surface area contributed by atoms with Gasteiger partial charge in [-0.15, -0.1) is 0 Å². The molecule has 0 aromatic rings. The Hall–Kier alpha value is -0.260. The highest BCUT2D eigenvalue weighted by Crippen LogP contribution is 2.51. The summed E-state index contributed by atoms with van der Waals surface area (Å²) in [7, 11) is 1.46. The molecule has 2 N–H and O–H groups in total. The third-order valence-corrected chi connectivity index (χ3v) is 5.43. The minimum Gasteiger partial charge on any atom is -0.469 e. The van der Waals surface area contributed by atoms with Crippen LogP contribution in [0.4, 0.5) is 0 Å². The quantitative estimate of drug-likeness (QED) is 0.711. The van der Waals surface area contributed by atoms with E-state index in [0.717, 1.165) is 44.0 Å². The number of carbonyl (C=O) groups is 1. The van der Waals surface area contributed by atoms with Gasteiger partial charge in [-0.3, -0.25) is 4.79 Å². The lowest BCUT2D eigenvalue weighted by atomic mass is 10.0. The number of hydrogen-bond acceptors (Lipinski definition) is 5. The molecule has 2 aliphatic rings. The summed E-state index contributed by atoms with van der Waals surface area (Å²) in [5, 5.41) is 0. The van der Waals surface area contributed by atoms with Gasteiger partial charge in [0.05, 0.1) is 20.1 Å². The number of hydrogen-bond donors (Lipinski definition) is 1. The molecule has 1 heterocycles. The van der Waals surface area contributed by atoms with E-state index >= 15 is 0 Å². The van der Waals surface area contributed by atoms with Crippen LogP contribution in [0.5, 0.6) is 0 Å². The fraction of sp³-hybridized carbons (Fsp3) is 0.923. The zero-order valence-corrected chi connectivity index (χ0v) is 11.8. The van der Waals surface area contributed by atoms with Crippen LogP contribution in [-0.4, -0.2) is 43.8 Å². The number of methoxy groups -OCH3 is 1. The molecule has 2 fully saturated rings. The summed E-state index contributed by atoms with van der Waals surface area (Å²) in [6.07, 6.45) is 3.96. The van der Waals surface area contributed by atoms with Gasteiger partial charge in [0.15, 0.2) is 0 Å². The maximum Gasteiger partial charge on any atom is 0.306 e. The van der Waals surface area contributed by atoms with Crippen molar-refractivity contribution in [2.75, 3.05) is 31.8 Å². The first kappa shape index (κ1) is 14.2. The first-order chi connectivity index (χ1) is 8.65. The molecule has 0 aromatic carbocycles. The molecule has 18 heavy (non-hydrogen) atoms. The van der Waals surface area contributed by atoms with Gasteiger partial charge in [0.1, 0.15) is 0 Å². The van der Waals surface area contributed by atoms with E-state index in [9.17, 15) is 4.79 Å². The summed E-state index contributed by atoms with van der Waals surface area (Å²) >= 11 is 1.88. The van der Waals surface area contributed by atoms with Crippen molar-refractivity contribution in [3.8, 4) is 0 Å². The maximum absolute atomic E-state index is 11.3. The van der Waals surface area contributed by atoms with Gasteiger partial charge in [0.2, 0.25) is 0 Å². The molecule has 1 saturated heterocycles. The van der Waals surface area contributed by atoms with E-state index in [2.05, 4.69) is 0 Å². The van der Waals surface area contributed by atoms with Crippen molar-refractivity contribution in [3.63, 3.8) is 0 Å². The number of esters is 1. The van der Waals surface area contributed by atoms with Crippen LogP contribution in [0.3, 0.4) is 0 Å². The largest absolute Gasteiger partial charge is 0.469 e. The Morgan fingerprint density at radius 3 is 2.94 bits per heavy atom. The van der Waals surface area contributed by atoms with E-state index in [1.807, 2.05) is 11.8 Å². The van der Waals surface area contributed by atoms with E-state index in [-0.39, 0.29) is 17.4 Å². The lowest BCUT2D eigenvalue weighted by Gasteiger charge is -2.19. The van der Waals surface area contributed by atoms with Crippen LogP contribution in [0.2, 0.25) is 0 Å². The molecule has 0 amide bonds. The van der Waals surface area contributed by atoms with Crippen LogP contribution in [0.15, 0.2) is 0 Å². The second-order valence-corrected chi connectivity index (χ2v) is 6.59. The molecule has 0 radical (unpaired) electrons. The molecule has 5 heteroatoms. The molecular formula is C13H23NO3S. The normalized spacial score (nSPS) is 26.9. The van der Waals surface area contributed by atoms with E-state index in [0.29, 0.717) is 12.3 Å². The lowest BCUT2D eigenvalue weighted by Crippen LogP contribution is -2.33. The van der Waals surface area contributed by atoms with Crippen molar-refractivity contribution >= 4 is 17.7 Å². The van der Waals surface area contributed by atoms with Crippen molar-refractivity contribution < 1.29 is 14.3 Å². The number of nitrogens with two attached hydrogens (primary N) is 1. The number of ether oxygens (including phenoxy) is 2. The lowest BCUT2D eigenvalue weighted by molar-refractivity contribution is -0.141. The van der Waals surface area contributed by atoms with Crippen molar-refractivity contribution in [2.45, 2.75) is 31.7 Å². The highest BCUT2D eigenvalue weighted by Gasteiger charge is 2.44. The summed E-state index contributed by atoms with van der Waals surface area (Å²) in [5.74, 6) is 2.44. The van der Waals surface area contributed by atoms with Gasteiger partial charge in [0, 0.05) is 24.3 Å². The predicted molar refractivity (Wildman–Crippen MR) is 72.5 cm³/mol. The third kappa shape index (κ3) is 3.87. The molecule has 1 aliphatic carbocycles. The number of carbonyl (C=O) groups excluding carboxylic acids is 1. The molecular weight excluding hydrogens is 250 g/mol. The average Bonchev–Trinajstić information content (AvgIpc) is 2.92. The third-order valence-electron chi connectivity index (χ3n) is 3.99. The smallest absolute Gasteiger partial charge is 0.306 e. The van der Waals surface area contributed by atoms with E-state index < -0.39 is 0 Å². The van der Waals surface area contributed by atoms with Crippen LogP contribution in [0.25, 0.3) is 0 Å². The molecule has 0 aromatic heterocycles. The van der Waals surface area contributed by atoms with Gasteiger partial charge in [0.25, 0.3) is 0 Å². The van der Waals surface area contributed by atoms with Crippen LogP contribution in [0.1, 0.15) is 25.7 Å². The van der Waals surface area contributed by atoms with Gasteiger partial charge in [-0.2, -0.15) is 11.8 Å². The molecule has 4 nitrogen and oxygen atoms in total. The minimum absolute atomic E-state index is 0.0819. The molecule has 2 atom stereocenters. The molecule has 1 saturated carbocycles. The Morgan fingerprint density at radius 1 is 1.61 bits per heavy atom. The number of thioether (sulfide) groups is 1. The Bertz CT molecular complexity index is 288. The van der Waals surface area contributed by atoms with Crippen molar-refractivity contribution in [1.29, 1.82) is 0 Å². The molecule has 0 bridgehead atoms. The summed E-state index contributed by atoms with van der Waals surface area (Å²) in [6, 6.07) is 0.228. The topological polar surface area (TPSA) is 61.5 Å². The van der Waals surface area contributed by atoms with Crippen molar-refractivity contribution in [1.82, 2.24) is 0 Å². The minimum atomic E-state index is -0.0819. The first-order valence-corrected chi connectivity index (χ1v) is 7.79. The summed E-state index contributed by atoms with van der Waals surface area (Å²) in [4.78, 5) is 11.3. The van der Waals surface area contributed by atoms with E-state index in [1.54, 1.807) is 0 Å². The fourth-order valence-electron chi connectivity index (χ4n) is 2.37. The Morgan fingerprint density at radius 2 is 2.39 bits per heavy atom. The van der Waals surface area contributed by atoms with E-state index in [1.165, 1.54) is 7.11 Å². The molecule has 0 spiro atoms. The summed E-state index contributed by atoms with van der Waals surface area (Å²) in [5.41, 5.74) is 6.38. The van der Waals surface area contributed by atoms with Gasteiger partial charge in [-0.25, -0.2) is 0 Å². The van der Waals surface area contributed by atoms with Gasteiger partial charge < -0.3 is 15.2 Å². The van der Waals surface area contributed by atoms with Gasteiger partial charge in [-0.1, -0.05) is 0 Å². The molecule has 2 unspecified atom stereocenters. The highest BCUT2D eigenvalue weighted by atomic mass is 32.2.